The fourth-order valence-electron chi connectivity index (χ4n) is 7.71. The predicted octanol–water partition coefficient (Wildman–Crippen LogP) is 5.32. The molecule has 302 valence electrons. The van der Waals surface area contributed by atoms with Crippen molar-refractivity contribution in [3.8, 4) is 11.5 Å². The second kappa shape index (κ2) is 18.1. The Morgan fingerprint density at radius 2 is 1.71 bits per heavy atom. The average Bonchev–Trinajstić information content (AvgIpc) is 3.46. The van der Waals surface area contributed by atoms with E-state index in [9.17, 15) is 33.2 Å². The van der Waals surface area contributed by atoms with E-state index in [2.05, 4.69) is 20.9 Å². The highest BCUT2D eigenvalue weighted by Gasteiger charge is 2.46. The monoisotopic (exact) mass is 813 g/mol. The van der Waals surface area contributed by atoms with Crippen molar-refractivity contribution in [3.05, 3.63) is 94.4 Å². The highest BCUT2D eigenvalue weighted by Crippen LogP contribution is 2.40. The normalized spacial score (nSPS) is 19.1. The minimum Gasteiger partial charge on any atom is -0.490 e. The van der Waals surface area contributed by atoms with E-state index in [1.165, 1.54) is 24.3 Å². The Balaban J connectivity index is 0.790. The van der Waals surface area contributed by atoms with Gasteiger partial charge in [0.1, 0.15) is 30.0 Å². The summed E-state index contributed by atoms with van der Waals surface area (Å²) in [5, 5.41) is 8.96. The number of carbonyl (C=O) groups excluding carboxylic acids is 6. The molecule has 6 amide bonds. The zero-order valence-corrected chi connectivity index (χ0v) is 32.1. The molecule has 7 rings (SSSR count). The number of imide groups is 2. The van der Waals surface area contributed by atoms with E-state index in [0.717, 1.165) is 47.0 Å². The molecule has 1 saturated heterocycles. The van der Waals surface area contributed by atoms with Gasteiger partial charge in [-0.05, 0) is 98.0 Å². The van der Waals surface area contributed by atoms with Crippen molar-refractivity contribution < 1.29 is 47.4 Å². The predicted molar refractivity (Wildman–Crippen MR) is 209 cm³/mol. The van der Waals surface area contributed by atoms with Crippen molar-refractivity contribution in [3.63, 3.8) is 0 Å². The number of halogens is 2. The van der Waals surface area contributed by atoms with Gasteiger partial charge in [-0.3, -0.25) is 44.0 Å². The molecular formula is C42H41ClFN5O9. The Morgan fingerprint density at radius 1 is 0.879 bits per heavy atom. The van der Waals surface area contributed by atoms with Gasteiger partial charge >= 0.3 is 0 Å². The largest absolute Gasteiger partial charge is 0.490 e. The number of aromatic nitrogens is 1. The van der Waals surface area contributed by atoms with Gasteiger partial charge in [0.25, 0.3) is 17.7 Å². The van der Waals surface area contributed by atoms with E-state index in [1.54, 1.807) is 36.5 Å². The minimum atomic E-state index is -1.12. The number of anilines is 1. The van der Waals surface area contributed by atoms with Crippen molar-refractivity contribution in [2.75, 3.05) is 38.3 Å². The number of rotatable bonds is 15. The first-order chi connectivity index (χ1) is 28.0. The van der Waals surface area contributed by atoms with E-state index in [-0.39, 0.29) is 73.7 Å². The van der Waals surface area contributed by atoms with E-state index in [1.807, 2.05) is 6.07 Å². The number of hydrogen-bond acceptors (Lipinski definition) is 10. The Morgan fingerprint density at radius 3 is 2.52 bits per heavy atom. The number of carbonyl (C=O) groups is 6. The lowest BCUT2D eigenvalue weighted by Crippen LogP contribution is -2.54. The molecular weight excluding hydrogens is 773 g/mol. The summed E-state index contributed by atoms with van der Waals surface area (Å²) in [6, 6.07) is 14.9. The van der Waals surface area contributed by atoms with Crippen molar-refractivity contribution in [1.82, 2.24) is 20.5 Å². The summed E-state index contributed by atoms with van der Waals surface area (Å²) >= 11 is 6.34. The zero-order chi connectivity index (χ0) is 40.8. The van der Waals surface area contributed by atoms with Crippen LogP contribution in [0.15, 0.2) is 66.9 Å². The molecule has 1 saturated carbocycles. The molecule has 0 bridgehead atoms. The number of nitrogens with zero attached hydrogens (tertiary/aromatic N) is 2. The molecule has 4 aromatic rings. The fourth-order valence-corrected chi connectivity index (χ4v) is 7.89. The summed E-state index contributed by atoms with van der Waals surface area (Å²) in [5.41, 5.74) is 2.44. The van der Waals surface area contributed by atoms with Gasteiger partial charge in [-0.25, -0.2) is 4.39 Å². The Hall–Kier alpha value is -5.93. The SMILES string of the molecule is O=C(COc1cccc2c1C(=O)N(C1CCC(=O)NC1=O)C2=O)NCCOCCOc1cc(NC(=O)C[C@H]2CC[C@@H](c3ccnc4ccc(F)cc43)CC2)ccc1Cl. The quantitative estimate of drug-likeness (QED) is 0.105. The topological polar surface area (TPSA) is 182 Å². The van der Waals surface area contributed by atoms with Gasteiger partial charge < -0.3 is 24.8 Å². The second-order valence-corrected chi connectivity index (χ2v) is 14.8. The zero-order valence-electron chi connectivity index (χ0n) is 31.4. The van der Waals surface area contributed by atoms with Gasteiger partial charge in [0, 0.05) is 42.7 Å². The van der Waals surface area contributed by atoms with E-state index in [4.69, 9.17) is 25.8 Å². The van der Waals surface area contributed by atoms with Crippen LogP contribution in [0.25, 0.3) is 10.9 Å². The number of fused-ring (bicyclic) bond motifs is 2. The molecule has 58 heavy (non-hydrogen) atoms. The van der Waals surface area contributed by atoms with Crippen molar-refractivity contribution in [1.29, 1.82) is 0 Å². The summed E-state index contributed by atoms with van der Waals surface area (Å²) < 4.78 is 30.9. The van der Waals surface area contributed by atoms with E-state index >= 15 is 0 Å². The Bertz CT molecular complexity index is 2260. The molecule has 1 aliphatic carbocycles. The summed E-state index contributed by atoms with van der Waals surface area (Å²) in [4.78, 5) is 80.8. The number of piperidine rings is 1. The maximum Gasteiger partial charge on any atom is 0.266 e. The van der Waals surface area contributed by atoms with Crippen LogP contribution in [0.5, 0.6) is 11.5 Å². The van der Waals surface area contributed by atoms with E-state index < -0.39 is 42.2 Å². The van der Waals surface area contributed by atoms with Crippen LogP contribution in [-0.4, -0.2) is 84.3 Å². The molecule has 16 heteroatoms. The van der Waals surface area contributed by atoms with Crippen LogP contribution in [0, 0.1) is 11.7 Å². The molecule has 14 nitrogen and oxygen atoms in total. The Kier molecular flexibility index (Phi) is 12.6. The standard InChI is InChI=1S/C42H41ClFN5O9/c43-31-10-9-27(47-37(51)20-24-4-6-25(7-5-24)28-14-15-45-32-11-8-26(44)21-30(28)32)22-35(31)57-19-18-56-17-16-46-38(52)23-58-34-3-1-2-29-39(34)42(55)49(41(29)54)33-12-13-36(50)48-40(33)53/h1-3,8-11,14-15,21-22,24-25,33H,4-7,12-13,16-20,23H2,(H,46,52)(H,47,51)(H,48,50,53)/t24-,25+,33?. The number of hydrogen-bond donors (Lipinski definition) is 3. The number of nitrogens with one attached hydrogen (secondary N) is 3. The van der Waals surface area contributed by atoms with Crippen LogP contribution in [-0.2, 0) is 23.9 Å². The van der Waals surface area contributed by atoms with Gasteiger partial charge in [0.05, 0.1) is 34.9 Å². The van der Waals surface area contributed by atoms with Crippen molar-refractivity contribution >= 4 is 63.6 Å². The first-order valence-corrected chi connectivity index (χ1v) is 19.5. The van der Waals surface area contributed by atoms with Crippen LogP contribution >= 0.6 is 11.6 Å². The summed E-state index contributed by atoms with van der Waals surface area (Å²) in [6.07, 6.45) is 5.77. The molecule has 2 aliphatic heterocycles. The number of ether oxygens (including phenoxy) is 3. The van der Waals surface area contributed by atoms with Crippen LogP contribution < -0.4 is 25.4 Å². The lowest BCUT2D eigenvalue weighted by molar-refractivity contribution is -0.136. The number of amides is 6. The maximum atomic E-state index is 14.0. The summed E-state index contributed by atoms with van der Waals surface area (Å²) in [6.45, 7) is 0.202. The third-order valence-corrected chi connectivity index (χ3v) is 10.9. The molecule has 1 atom stereocenters. The number of pyridine rings is 1. The fraction of sp³-hybridized carbons (Fsp3) is 0.357. The molecule has 0 spiro atoms. The van der Waals surface area contributed by atoms with Gasteiger partial charge in [0.2, 0.25) is 17.7 Å². The van der Waals surface area contributed by atoms with Crippen molar-refractivity contribution in [2.24, 2.45) is 5.92 Å². The highest BCUT2D eigenvalue weighted by atomic mass is 35.5. The molecule has 3 N–H and O–H groups in total. The lowest BCUT2D eigenvalue weighted by Gasteiger charge is -2.29. The first-order valence-electron chi connectivity index (χ1n) is 19.1. The molecule has 3 aromatic carbocycles. The smallest absolute Gasteiger partial charge is 0.266 e. The van der Waals surface area contributed by atoms with E-state index in [0.29, 0.717) is 28.8 Å². The average molecular weight is 814 g/mol. The van der Waals surface area contributed by atoms with Gasteiger partial charge in [0.15, 0.2) is 6.61 Å². The number of benzene rings is 3. The Labute approximate surface area is 337 Å². The molecule has 1 unspecified atom stereocenters. The van der Waals surface area contributed by atoms with Crippen LogP contribution in [0.3, 0.4) is 0 Å². The molecule has 2 fully saturated rings. The third kappa shape index (κ3) is 9.27. The minimum absolute atomic E-state index is 0.00375. The first kappa shape index (κ1) is 40.3. The second-order valence-electron chi connectivity index (χ2n) is 14.4. The van der Waals surface area contributed by atoms with Crippen molar-refractivity contribution in [2.45, 2.75) is 56.9 Å². The summed E-state index contributed by atoms with van der Waals surface area (Å²) in [7, 11) is 0. The summed E-state index contributed by atoms with van der Waals surface area (Å²) in [5.74, 6) is -2.55. The van der Waals surface area contributed by atoms with Gasteiger partial charge in [-0.1, -0.05) is 17.7 Å². The maximum absolute atomic E-state index is 14.0. The molecule has 3 aliphatic rings. The van der Waals surface area contributed by atoms with Gasteiger partial charge in [-0.15, -0.1) is 0 Å². The van der Waals surface area contributed by atoms with Crippen LogP contribution in [0.2, 0.25) is 5.02 Å². The van der Waals surface area contributed by atoms with Gasteiger partial charge in [-0.2, -0.15) is 0 Å². The van der Waals surface area contributed by atoms with Crippen LogP contribution in [0.1, 0.15) is 77.1 Å². The molecule has 3 heterocycles. The molecule has 1 aromatic heterocycles. The highest BCUT2D eigenvalue weighted by molar-refractivity contribution is 6.32. The molecule has 0 radical (unpaired) electrons. The third-order valence-electron chi connectivity index (χ3n) is 10.6. The lowest BCUT2D eigenvalue weighted by atomic mass is 9.77. The van der Waals surface area contributed by atoms with Crippen LogP contribution in [0.4, 0.5) is 10.1 Å².